The molecule has 4 rings (SSSR count). The second-order valence-electron chi connectivity index (χ2n) is 7.90. The van der Waals surface area contributed by atoms with E-state index in [0.717, 1.165) is 0 Å². The summed E-state index contributed by atoms with van der Waals surface area (Å²) in [5.74, 6) is 0.627. The molecule has 0 aliphatic carbocycles. The molecule has 0 saturated carbocycles. The SMILES string of the molecule is COc1ccccc1Oc1ccc(Cl)cc1NC(=O)[C@@H]1CCCN(S(=O)(=O)c2ccccc2)C1. The summed E-state index contributed by atoms with van der Waals surface area (Å²) in [6.45, 7) is 0.479. The predicted molar refractivity (Wildman–Crippen MR) is 131 cm³/mol. The number of halogens is 1. The molecule has 0 unspecified atom stereocenters. The zero-order chi connectivity index (χ0) is 24.1. The highest BCUT2D eigenvalue weighted by molar-refractivity contribution is 7.89. The van der Waals surface area contributed by atoms with Crippen LogP contribution in [-0.4, -0.2) is 38.8 Å². The van der Waals surface area contributed by atoms with Crippen LogP contribution in [-0.2, 0) is 14.8 Å². The Morgan fingerprint density at radius 1 is 1.00 bits per heavy atom. The second kappa shape index (κ2) is 10.5. The maximum absolute atomic E-state index is 13.2. The number of carbonyl (C=O) groups excluding carboxylic acids is 1. The third kappa shape index (κ3) is 5.35. The van der Waals surface area contributed by atoms with Crippen molar-refractivity contribution in [3.05, 3.63) is 77.8 Å². The van der Waals surface area contributed by atoms with Crippen LogP contribution in [0, 0.1) is 5.92 Å². The summed E-state index contributed by atoms with van der Waals surface area (Å²) in [4.78, 5) is 13.4. The second-order valence-corrected chi connectivity index (χ2v) is 10.3. The van der Waals surface area contributed by atoms with Gasteiger partial charge in [-0.1, -0.05) is 41.9 Å². The Balaban J connectivity index is 1.52. The molecule has 1 fully saturated rings. The lowest BCUT2D eigenvalue weighted by molar-refractivity contribution is -0.120. The number of piperidine rings is 1. The van der Waals surface area contributed by atoms with E-state index in [9.17, 15) is 13.2 Å². The first-order valence-electron chi connectivity index (χ1n) is 10.8. The van der Waals surface area contributed by atoms with Gasteiger partial charge in [0.15, 0.2) is 17.2 Å². The first-order valence-corrected chi connectivity index (χ1v) is 12.7. The molecule has 3 aromatic rings. The van der Waals surface area contributed by atoms with E-state index in [1.54, 1.807) is 67.8 Å². The molecule has 0 radical (unpaired) electrons. The van der Waals surface area contributed by atoms with Gasteiger partial charge < -0.3 is 14.8 Å². The number of nitrogens with zero attached hydrogens (tertiary/aromatic N) is 1. The third-order valence-corrected chi connectivity index (χ3v) is 7.74. The number of nitrogens with one attached hydrogen (secondary N) is 1. The van der Waals surface area contributed by atoms with Gasteiger partial charge in [0.05, 0.1) is 23.6 Å². The number of hydrogen-bond acceptors (Lipinski definition) is 5. The molecule has 1 atom stereocenters. The van der Waals surface area contributed by atoms with Gasteiger partial charge >= 0.3 is 0 Å². The lowest BCUT2D eigenvalue weighted by atomic mass is 9.98. The third-order valence-electron chi connectivity index (χ3n) is 5.62. The van der Waals surface area contributed by atoms with Gasteiger partial charge in [-0.3, -0.25) is 4.79 Å². The molecule has 0 bridgehead atoms. The smallest absolute Gasteiger partial charge is 0.243 e. The Bertz CT molecular complexity index is 1270. The Kier molecular flexibility index (Phi) is 7.41. The summed E-state index contributed by atoms with van der Waals surface area (Å²) < 4.78 is 38.8. The summed E-state index contributed by atoms with van der Waals surface area (Å²) in [7, 11) is -2.12. The van der Waals surface area contributed by atoms with Crippen molar-refractivity contribution in [3.63, 3.8) is 0 Å². The fourth-order valence-electron chi connectivity index (χ4n) is 3.86. The van der Waals surface area contributed by atoms with Crippen molar-refractivity contribution < 1.29 is 22.7 Å². The lowest BCUT2D eigenvalue weighted by Crippen LogP contribution is -2.43. The fraction of sp³-hybridized carbons (Fsp3) is 0.240. The highest BCUT2D eigenvalue weighted by Gasteiger charge is 2.33. The van der Waals surface area contributed by atoms with Crippen LogP contribution in [0.3, 0.4) is 0 Å². The Hall–Kier alpha value is -3.07. The van der Waals surface area contributed by atoms with Crippen molar-refractivity contribution in [2.75, 3.05) is 25.5 Å². The minimum atomic E-state index is -3.67. The molecule has 1 saturated heterocycles. The first kappa shape index (κ1) is 24.1. The van der Waals surface area contributed by atoms with Crippen LogP contribution >= 0.6 is 11.6 Å². The number of carbonyl (C=O) groups is 1. The van der Waals surface area contributed by atoms with Crippen molar-refractivity contribution in [1.82, 2.24) is 4.31 Å². The first-order chi connectivity index (χ1) is 16.4. The molecule has 1 aliphatic rings. The van der Waals surface area contributed by atoms with E-state index in [1.165, 1.54) is 4.31 Å². The van der Waals surface area contributed by atoms with Crippen LogP contribution in [0.5, 0.6) is 17.2 Å². The van der Waals surface area contributed by atoms with Crippen molar-refractivity contribution in [2.24, 2.45) is 5.92 Å². The molecule has 178 valence electrons. The summed E-state index contributed by atoms with van der Waals surface area (Å²) in [6.07, 6.45) is 1.17. The number of hydrogen-bond donors (Lipinski definition) is 1. The molecule has 1 heterocycles. The molecule has 1 aliphatic heterocycles. The van der Waals surface area contributed by atoms with Crippen LogP contribution in [0.15, 0.2) is 77.7 Å². The van der Waals surface area contributed by atoms with Gasteiger partial charge in [-0.25, -0.2) is 8.42 Å². The highest BCUT2D eigenvalue weighted by Crippen LogP contribution is 2.37. The number of para-hydroxylation sites is 2. The van der Waals surface area contributed by atoms with Crippen molar-refractivity contribution >= 4 is 33.2 Å². The predicted octanol–water partition coefficient (Wildman–Crippen LogP) is 5.18. The summed E-state index contributed by atoms with van der Waals surface area (Å²) in [5.41, 5.74) is 0.395. The maximum Gasteiger partial charge on any atom is 0.243 e. The van der Waals surface area contributed by atoms with Gasteiger partial charge in [-0.15, -0.1) is 0 Å². The standard InChI is InChI=1S/C25H25ClN2O5S/c1-32-23-11-5-6-12-24(23)33-22-14-13-19(26)16-21(22)27-25(29)18-8-7-15-28(17-18)34(30,31)20-9-3-2-4-10-20/h2-6,9-14,16,18H,7-8,15,17H2,1H3,(H,27,29)/t18-/m1/s1. The zero-order valence-corrected chi connectivity index (χ0v) is 20.2. The van der Waals surface area contributed by atoms with E-state index < -0.39 is 15.9 Å². The topological polar surface area (TPSA) is 84.9 Å². The van der Waals surface area contributed by atoms with Crippen LogP contribution in [0.1, 0.15) is 12.8 Å². The molecule has 0 aromatic heterocycles. The maximum atomic E-state index is 13.2. The molecule has 34 heavy (non-hydrogen) atoms. The molecule has 3 aromatic carbocycles. The molecular formula is C25H25ClN2O5S. The average molecular weight is 501 g/mol. The fourth-order valence-corrected chi connectivity index (χ4v) is 5.58. The normalized spacial score (nSPS) is 16.6. The van der Waals surface area contributed by atoms with E-state index >= 15 is 0 Å². The number of amides is 1. The van der Waals surface area contributed by atoms with Gasteiger partial charge in [0, 0.05) is 18.1 Å². The van der Waals surface area contributed by atoms with Gasteiger partial charge in [0.25, 0.3) is 0 Å². The summed E-state index contributed by atoms with van der Waals surface area (Å²) in [6, 6.07) is 20.4. The average Bonchev–Trinajstić information content (AvgIpc) is 2.86. The summed E-state index contributed by atoms with van der Waals surface area (Å²) >= 11 is 6.18. The number of ether oxygens (including phenoxy) is 2. The van der Waals surface area contributed by atoms with Gasteiger partial charge in [-0.05, 0) is 55.3 Å². The Labute approximate surface area is 204 Å². The Morgan fingerprint density at radius 3 is 2.44 bits per heavy atom. The van der Waals surface area contributed by atoms with Crippen molar-refractivity contribution in [3.8, 4) is 17.2 Å². The van der Waals surface area contributed by atoms with Crippen LogP contribution < -0.4 is 14.8 Å². The minimum Gasteiger partial charge on any atom is -0.493 e. The number of methoxy groups -OCH3 is 1. The van der Waals surface area contributed by atoms with Crippen LogP contribution in [0.25, 0.3) is 0 Å². The van der Waals surface area contributed by atoms with Gasteiger partial charge in [0.1, 0.15) is 0 Å². The monoisotopic (exact) mass is 500 g/mol. The quantitative estimate of drug-likeness (QED) is 0.483. The van der Waals surface area contributed by atoms with Gasteiger partial charge in [0.2, 0.25) is 15.9 Å². The van der Waals surface area contributed by atoms with E-state index in [2.05, 4.69) is 5.32 Å². The minimum absolute atomic E-state index is 0.103. The number of benzene rings is 3. The van der Waals surface area contributed by atoms with Crippen LogP contribution in [0.4, 0.5) is 5.69 Å². The largest absolute Gasteiger partial charge is 0.493 e. The van der Waals surface area contributed by atoms with Gasteiger partial charge in [-0.2, -0.15) is 4.31 Å². The highest BCUT2D eigenvalue weighted by atomic mass is 35.5. The number of rotatable bonds is 7. The lowest BCUT2D eigenvalue weighted by Gasteiger charge is -2.31. The van der Waals surface area contributed by atoms with E-state index in [1.807, 2.05) is 12.1 Å². The van der Waals surface area contributed by atoms with E-state index in [4.69, 9.17) is 21.1 Å². The van der Waals surface area contributed by atoms with E-state index in [0.29, 0.717) is 47.3 Å². The molecule has 1 amide bonds. The zero-order valence-electron chi connectivity index (χ0n) is 18.6. The summed E-state index contributed by atoms with van der Waals surface area (Å²) in [5, 5.41) is 3.31. The number of sulfonamides is 1. The van der Waals surface area contributed by atoms with Crippen LogP contribution in [0.2, 0.25) is 5.02 Å². The van der Waals surface area contributed by atoms with Crippen molar-refractivity contribution in [1.29, 1.82) is 0 Å². The molecule has 0 spiro atoms. The molecule has 1 N–H and O–H groups in total. The van der Waals surface area contributed by atoms with E-state index in [-0.39, 0.29) is 17.3 Å². The molecule has 9 heteroatoms. The van der Waals surface area contributed by atoms with Crippen molar-refractivity contribution in [2.45, 2.75) is 17.7 Å². The molecule has 7 nitrogen and oxygen atoms in total. The molecular weight excluding hydrogens is 476 g/mol. The number of anilines is 1. The Morgan fingerprint density at radius 2 is 1.71 bits per heavy atom.